The first-order valence-corrected chi connectivity index (χ1v) is 6.70. The number of nitrogens with two attached hydrogens (primary N) is 1. The van der Waals surface area contributed by atoms with Gasteiger partial charge in [-0.2, -0.15) is 0 Å². The summed E-state index contributed by atoms with van der Waals surface area (Å²) in [6.45, 7) is 4.62. The number of fused-ring (bicyclic) bond motifs is 1. The van der Waals surface area contributed by atoms with Crippen LogP contribution < -0.4 is 15.4 Å². The highest BCUT2D eigenvalue weighted by Gasteiger charge is 2.31. The van der Waals surface area contributed by atoms with Crippen LogP contribution >= 0.6 is 0 Å². The Balaban J connectivity index is 1.78. The van der Waals surface area contributed by atoms with Gasteiger partial charge in [0.15, 0.2) is 0 Å². The van der Waals surface area contributed by atoms with Crippen molar-refractivity contribution in [2.45, 2.75) is 18.9 Å². The van der Waals surface area contributed by atoms with Crippen molar-refractivity contribution in [3.8, 4) is 5.75 Å². The largest absolute Gasteiger partial charge is 0.497 e. The Labute approximate surface area is 108 Å². The molecule has 1 unspecified atom stereocenters. The number of piperazine rings is 1. The number of anilines is 2. The van der Waals surface area contributed by atoms with Crippen LogP contribution in [0.25, 0.3) is 0 Å². The van der Waals surface area contributed by atoms with E-state index in [2.05, 4.69) is 15.9 Å². The van der Waals surface area contributed by atoms with E-state index in [1.54, 1.807) is 7.11 Å². The van der Waals surface area contributed by atoms with Crippen LogP contribution in [0.3, 0.4) is 0 Å². The molecule has 2 heterocycles. The van der Waals surface area contributed by atoms with Gasteiger partial charge in [-0.05, 0) is 31.5 Å². The van der Waals surface area contributed by atoms with Crippen molar-refractivity contribution in [3.63, 3.8) is 0 Å². The van der Waals surface area contributed by atoms with E-state index in [-0.39, 0.29) is 0 Å². The first-order valence-electron chi connectivity index (χ1n) is 6.70. The van der Waals surface area contributed by atoms with E-state index in [1.165, 1.54) is 19.4 Å². The average Bonchev–Trinajstić information content (AvgIpc) is 2.85. The van der Waals surface area contributed by atoms with Gasteiger partial charge in [0.05, 0.1) is 18.5 Å². The summed E-state index contributed by atoms with van der Waals surface area (Å²) in [6, 6.07) is 6.71. The topological polar surface area (TPSA) is 41.7 Å². The molecule has 0 radical (unpaired) electrons. The van der Waals surface area contributed by atoms with E-state index in [9.17, 15) is 0 Å². The average molecular weight is 247 g/mol. The standard InChI is InChI=1S/C14H21N3O/c1-18-12-4-5-14(13(15)9-12)17-8-7-16-6-2-3-11(16)10-17/h4-5,9,11H,2-3,6-8,10,15H2,1H3. The van der Waals surface area contributed by atoms with E-state index in [1.807, 2.05) is 12.1 Å². The highest BCUT2D eigenvalue weighted by atomic mass is 16.5. The molecule has 2 aliphatic rings. The minimum atomic E-state index is 0.722. The Morgan fingerprint density at radius 2 is 2.17 bits per heavy atom. The molecule has 2 fully saturated rings. The summed E-state index contributed by atoms with van der Waals surface area (Å²) in [5.74, 6) is 0.829. The minimum Gasteiger partial charge on any atom is -0.497 e. The molecule has 2 N–H and O–H groups in total. The fourth-order valence-electron chi connectivity index (χ4n) is 3.16. The molecule has 4 nitrogen and oxygen atoms in total. The number of nitrogen functional groups attached to an aromatic ring is 1. The molecule has 2 saturated heterocycles. The van der Waals surface area contributed by atoms with Crippen molar-refractivity contribution in [1.29, 1.82) is 0 Å². The Hall–Kier alpha value is -1.42. The predicted molar refractivity (Wildman–Crippen MR) is 74.2 cm³/mol. The molecule has 1 atom stereocenters. The lowest BCUT2D eigenvalue weighted by Gasteiger charge is -2.39. The number of rotatable bonds is 2. The van der Waals surface area contributed by atoms with E-state index in [0.717, 1.165) is 42.8 Å². The van der Waals surface area contributed by atoms with Gasteiger partial charge < -0.3 is 15.4 Å². The fourth-order valence-corrected chi connectivity index (χ4v) is 3.16. The minimum absolute atomic E-state index is 0.722. The van der Waals surface area contributed by atoms with Crippen LogP contribution in [0.15, 0.2) is 18.2 Å². The monoisotopic (exact) mass is 247 g/mol. The van der Waals surface area contributed by atoms with Crippen molar-refractivity contribution in [1.82, 2.24) is 4.90 Å². The Morgan fingerprint density at radius 1 is 1.28 bits per heavy atom. The van der Waals surface area contributed by atoms with Crippen molar-refractivity contribution >= 4 is 11.4 Å². The molecule has 1 aromatic rings. The third-order valence-corrected chi connectivity index (χ3v) is 4.16. The summed E-state index contributed by atoms with van der Waals surface area (Å²) in [7, 11) is 1.67. The van der Waals surface area contributed by atoms with Crippen molar-refractivity contribution in [3.05, 3.63) is 18.2 Å². The second-order valence-electron chi connectivity index (χ2n) is 5.20. The zero-order valence-corrected chi connectivity index (χ0v) is 10.9. The lowest BCUT2D eigenvalue weighted by molar-refractivity contribution is 0.231. The Kier molecular flexibility index (Phi) is 3.04. The third kappa shape index (κ3) is 2.01. The molecular formula is C14H21N3O. The Bertz CT molecular complexity index is 435. The molecule has 3 rings (SSSR count). The van der Waals surface area contributed by atoms with Gasteiger partial charge in [-0.25, -0.2) is 0 Å². The summed E-state index contributed by atoms with van der Waals surface area (Å²) < 4.78 is 5.20. The molecule has 2 aliphatic heterocycles. The number of methoxy groups -OCH3 is 1. The van der Waals surface area contributed by atoms with Gasteiger partial charge in [0, 0.05) is 31.7 Å². The van der Waals surface area contributed by atoms with Gasteiger partial charge in [0.1, 0.15) is 5.75 Å². The van der Waals surface area contributed by atoms with Gasteiger partial charge in [0.2, 0.25) is 0 Å². The summed E-state index contributed by atoms with van der Waals surface area (Å²) in [5.41, 5.74) is 8.10. The molecule has 0 amide bonds. The first kappa shape index (κ1) is 11.7. The fraction of sp³-hybridized carbons (Fsp3) is 0.571. The van der Waals surface area contributed by atoms with Crippen LogP contribution in [0.5, 0.6) is 5.75 Å². The smallest absolute Gasteiger partial charge is 0.121 e. The number of hydrogen-bond donors (Lipinski definition) is 1. The second kappa shape index (κ2) is 4.69. The highest BCUT2D eigenvalue weighted by Crippen LogP contribution is 2.31. The molecule has 0 spiro atoms. The lowest BCUT2D eigenvalue weighted by atomic mass is 10.1. The lowest BCUT2D eigenvalue weighted by Crippen LogP contribution is -2.50. The number of ether oxygens (including phenoxy) is 1. The predicted octanol–water partition coefficient (Wildman–Crippen LogP) is 1.56. The molecular weight excluding hydrogens is 226 g/mol. The van der Waals surface area contributed by atoms with Crippen molar-refractivity contribution in [2.24, 2.45) is 0 Å². The Morgan fingerprint density at radius 3 is 2.94 bits per heavy atom. The van der Waals surface area contributed by atoms with Crippen LogP contribution in [-0.2, 0) is 0 Å². The number of hydrogen-bond acceptors (Lipinski definition) is 4. The first-order chi connectivity index (χ1) is 8.78. The molecule has 4 heteroatoms. The maximum Gasteiger partial charge on any atom is 0.121 e. The van der Waals surface area contributed by atoms with Gasteiger partial charge in [-0.15, -0.1) is 0 Å². The number of nitrogens with zero attached hydrogens (tertiary/aromatic N) is 2. The van der Waals surface area contributed by atoms with Crippen LogP contribution in [-0.4, -0.2) is 44.2 Å². The molecule has 0 bridgehead atoms. The normalized spacial score (nSPS) is 24.1. The van der Waals surface area contributed by atoms with Gasteiger partial charge in [-0.1, -0.05) is 0 Å². The van der Waals surface area contributed by atoms with Crippen LogP contribution in [0.1, 0.15) is 12.8 Å². The van der Waals surface area contributed by atoms with Crippen LogP contribution in [0.4, 0.5) is 11.4 Å². The van der Waals surface area contributed by atoms with Gasteiger partial charge >= 0.3 is 0 Å². The zero-order chi connectivity index (χ0) is 12.5. The van der Waals surface area contributed by atoms with E-state index in [4.69, 9.17) is 10.5 Å². The summed E-state index contributed by atoms with van der Waals surface area (Å²) in [6.07, 6.45) is 2.67. The van der Waals surface area contributed by atoms with Crippen molar-refractivity contribution < 1.29 is 4.74 Å². The highest BCUT2D eigenvalue weighted by molar-refractivity contribution is 5.69. The second-order valence-corrected chi connectivity index (χ2v) is 5.20. The summed E-state index contributed by atoms with van der Waals surface area (Å²) in [4.78, 5) is 5.03. The van der Waals surface area contributed by atoms with E-state index in [0.29, 0.717) is 0 Å². The summed E-state index contributed by atoms with van der Waals surface area (Å²) >= 11 is 0. The molecule has 0 saturated carbocycles. The number of benzene rings is 1. The molecule has 18 heavy (non-hydrogen) atoms. The third-order valence-electron chi connectivity index (χ3n) is 4.16. The molecule has 0 aromatic heterocycles. The van der Waals surface area contributed by atoms with E-state index >= 15 is 0 Å². The maximum absolute atomic E-state index is 6.13. The van der Waals surface area contributed by atoms with E-state index < -0.39 is 0 Å². The van der Waals surface area contributed by atoms with Gasteiger partial charge in [0.25, 0.3) is 0 Å². The van der Waals surface area contributed by atoms with Gasteiger partial charge in [-0.3, -0.25) is 4.90 Å². The zero-order valence-electron chi connectivity index (χ0n) is 10.9. The maximum atomic E-state index is 6.13. The quantitative estimate of drug-likeness (QED) is 0.805. The summed E-state index contributed by atoms with van der Waals surface area (Å²) in [5, 5.41) is 0. The van der Waals surface area contributed by atoms with Crippen LogP contribution in [0, 0.1) is 0 Å². The molecule has 0 aliphatic carbocycles. The molecule has 98 valence electrons. The van der Waals surface area contributed by atoms with Crippen LogP contribution in [0.2, 0.25) is 0 Å². The SMILES string of the molecule is COc1ccc(N2CCN3CCCC3C2)c(N)c1. The molecule has 1 aromatic carbocycles. The van der Waals surface area contributed by atoms with Crippen molar-refractivity contribution in [2.75, 3.05) is 43.9 Å².